The van der Waals surface area contributed by atoms with Gasteiger partial charge in [-0.15, -0.1) is 11.3 Å². The largest absolute Gasteiger partial charge is 0.444 e. The number of carbonyl (C=O) groups is 1. The van der Waals surface area contributed by atoms with Gasteiger partial charge in [-0.1, -0.05) is 0 Å². The predicted molar refractivity (Wildman–Crippen MR) is 72.0 cm³/mol. The van der Waals surface area contributed by atoms with E-state index in [1.807, 2.05) is 5.38 Å². The lowest BCUT2D eigenvalue weighted by Gasteiger charge is -2.19. The van der Waals surface area contributed by atoms with Crippen molar-refractivity contribution in [2.75, 3.05) is 5.32 Å². The van der Waals surface area contributed by atoms with Crippen LogP contribution >= 0.6 is 11.3 Å². The Bertz CT molecular complexity index is 416. The lowest BCUT2D eigenvalue weighted by Crippen LogP contribution is -2.27. The summed E-state index contributed by atoms with van der Waals surface area (Å²) < 4.78 is 5.12. The Morgan fingerprint density at radius 3 is 2.56 bits per heavy atom. The lowest BCUT2D eigenvalue weighted by atomic mass is 10.0. The third-order valence-electron chi connectivity index (χ3n) is 1.77. The molecule has 0 saturated carbocycles. The normalized spacial score (nSPS) is 12.3. The average molecular weight is 272 g/mol. The highest BCUT2D eigenvalue weighted by atomic mass is 32.1. The molecule has 2 N–H and O–H groups in total. The van der Waals surface area contributed by atoms with Crippen molar-refractivity contribution < 1.29 is 14.6 Å². The molecule has 0 atom stereocenters. The summed E-state index contributed by atoms with van der Waals surface area (Å²) in [6.45, 7) is 8.83. The average Bonchev–Trinajstić information content (AvgIpc) is 2.44. The van der Waals surface area contributed by atoms with Gasteiger partial charge in [0.1, 0.15) is 5.60 Å². The molecule has 0 aliphatic carbocycles. The number of thiazole rings is 1. The number of aromatic nitrogens is 1. The molecule has 0 saturated heterocycles. The van der Waals surface area contributed by atoms with Crippen molar-refractivity contribution in [1.29, 1.82) is 0 Å². The first-order valence-corrected chi connectivity index (χ1v) is 6.60. The summed E-state index contributed by atoms with van der Waals surface area (Å²) in [7, 11) is 0. The second-order valence-electron chi connectivity index (χ2n) is 5.76. The number of ether oxygens (including phenoxy) is 1. The second-order valence-corrected chi connectivity index (χ2v) is 6.62. The molecule has 0 bridgehead atoms. The molecule has 0 aromatic carbocycles. The molecule has 0 spiro atoms. The van der Waals surface area contributed by atoms with E-state index in [0.29, 0.717) is 11.6 Å². The Hall–Kier alpha value is -1.14. The molecular weight excluding hydrogens is 252 g/mol. The Labute approximate surface area is 111 Å². The van der Waals surface area contributed by atoms with E-state index < -0.39 is 17.3 Å². The van der Waals surface area contributed by atoms with E-state index in [9.17, 15) is 9.90 Å². The maximum Gasteiger partial charge on any atom is 0.413 e. The van der Waals surface area contributed by atoms with E-state index in [2.05, 4.69) is 10.3 Å². The van der Waals surface area contributed by atoms with E-state index in [-0.39, 0.29) is 0 Å². The molecule has 1 rings (SSSR count). The molecule has 0 radical (unpaired) electrons. The zero-order chi connectivity index (χ0) is 14.0. The molecule has 102 valence electrons. The fourth-order valence-electron chi connectivity index (χ4n) is 1.28. The van der Waals surface area contributed by atoms with E-state index in [0.717, 1.165) is 5.69 Å². The molecule has 0 aliphatic heterocycles. The van der Waals surface area contributed by atoms with Crippen molar-refractivity contribution in [2.45, 2.75) is 52.2 Å². The first-order valence-electron chi connectivity index (χ1n) is 5.72. The molecule has 1 aromatic rings. The number of amides is 1. The third-order valence-corrected chi connectivity index (χ3v) is 2.58. The number of nitrogens with one attached hydrogen (secondary N) is 1. The van der Waals surface area contributed by atoms with Crippen LogP contribution in [0.25, 0.3) is 0 Å². The number of nitrogens with zero attached hydrogens (tertiary/aromatic N) is 1. The van der Waals surface area contributed by atoms with Crippen molar-refractivity contribution in [3.8, 4) is 0 Å². The Morgan fingerprint density at radius 2 is 2.06 bits per heavy atom. The van der Waals surface area contributed by atoms with Crippen LogP contribution in [0.1, 0.15) is 40.3 Å². The summed E-state index contributed by atoms with van der Waals surface area (Å²) in [5, 5.41) is 14.5. The molecule has 6 heteroatoms. The van der Waals surface area contributed by atoms with E-state index >= 15 is 0 Å². The van der Waals surface area contributed by atoms with Gasteiger partial charge in [0.25, 0.3) is 0 Å². The molecule has 1 amide bonds. The fourth-order valence-corrected chi connectivity index (χ4v) is 1.98. The summed E-state index contributed by atoms with van der Waals surface area (Å²) in [5.41, 5.74) is -0.590. The Kier molecular flexibility index (Phi) is 4.34. The van der Waals surface area contributed by atoms with E-state index in [1.54, 1.807) is 34.6 Å². The molecule has 0 aliphatic rings. The monoisotopic (exact) mass is 272 g/mol. The second kappa shape index (κ2) is 5.24. The molecule has 1 aromatic heterocycles. The molecular formula is C12H20N2O3S. The maximum atomic E-state index is 11.5. The molecule has 0 unspecified atom stereocenters. The first-order chi connectivity index (χ1) is 8.05. The van der Waals surface area contributed by atoms with E-state index in [4.69, 9.17) is 4.74 Å². The molecule has 5 nitrogen and oxygen atoms in total. The summed E-state index contributed by atoms with van der Waals surface area (Å²) in [4.78, 5) is 15.7. The van der Waals surface area contributed by atoms with Crippen molar-refractivity contribution in [3.63, 3.8) is 0 Å². The fraction of sp³-hybridized carbons (Fsp3) is 0.667. The minimum Gasteiger partial charge on any atom is -0.444 e. The number of aliphatic hydroxyl groups is 1. The number of hydrogen-bond donors (Lipinski definition) is 2. The van der Waals surface area contributed by atoms with Crippen molar-refractivity contribution in [3.05, 3.63) is 11.1 Å². The van der Waals surface area contributed by atoms with Crippen LogP contribution in [0.5, 0.6) is 0 Å². The molecule has 0 fully saturated rings. The highest BCUT2D eigenvalue weighted by Gasteiger charge is 2.19. The smallest absolute Gasteiger partial charge is 0.413 e. The van der Waals surface area contributed by atoms with Gasteiger partial charge in [0.15, 0.2) is 5.13 Å². The topological polar surface area (TPSA) is 71.5 Å². The number of carbonyl (C=O) groups excluding carboxylic acids is 1. The van der Waals surface area contributed by atoms with Gasteiger partial charge in [0.2, 0.25) is 0 Å². The van der Waals surface area contributed by atoms with Gasteiger partial charge >= 0.3 is 6.09 Å². The highest BCUT2D eigenvalue weighted by Crippen LogP contribution is 2.20. The van der Waals surface area contributed by atoms with Crippen molar-refractivity contribution in [1.82, 2.24) is 4.98 Å². The summed E-state index contributed by atoms with van der Waals surface area (Å²) >= 11 is 1.31. The summed E-state index contributed by atoms with van der Waals surface area (Å²) in [6.07, 6.45) is -0.0777. The van der Waals surface area contributed by atoms with Crippen LogP contribution in [0, 0.1) is 0 Å². The van der Waals surface area contributed by atoms with Crippen LogP contribution in [-0.2, 0) is 11.2 Å². The van der Waals surface area contributed by atoms with Gasteiger partial charge in [0, 0.05) is 11.8 Å². The molecule has 1 heterocycles. The van der Waals surface area contributed by atoms with Crippen LogP contribution in [-0.4, -0.2) is 27.4 Å². The first kappa shape index (κ1) is 14.9. The number of hydrogen-bond acceptors (Lipinski definition) is 5. The van der Waals surface area contributed by atoms with E-state index in [1.165, 1.54) is 11.3 Å². The van der Waals surface area contributed by atoms with Crippen molar-refractivity contribution in [2.24, 2.45) is 0 Å². The van der Waals surface area contributed by atoms with Crippen LogP contribution in [0.3, 0.4) is 0 Å². The van der Waals surface area contributed by atoms with Crippen LogP contribution < -0.4 is 5.32 Å². The minimum absolute atomic E-state index is 0.444. The lowest BCUT2D eigenvalue weighted by molar-refractivity contribution is 0.0636. The standard InChI is InChI=1S/C12H20N2O3S/c1-11(2,3)17-10(15)14-9-13-8(7-18-9)6-12(4,5)16/h7,16H,6H2,1-5H3,(H,13,14,15). The summed E-state index contributed by atoms with van der Waals surface area (Å²) in [6, 6.07) is 0. The Morgan fingerprint density at radius 1 is 1.44 bits per heavy atom. The number of anilines is 1. The summed E-state index contributed by atoms with van der Waals surface area (Å²) in [5.74, 6) is 0. The molecule has 18 heavy (non-hydrogen) atoms. The van der Waals surface area contributed by atoms with Crippen molar-refractivity contribution >= 4 is 22.6 Å². The van der Waals surface area contributed by atoms with Gasteiger partial charge in [-0.2, -0.15) is 0 Å². The van der Waals surface area contributed by atoms with Crippen LogP contribution in [0.2, 0.25) is 0 Å². The minimum atomic E-state index is -0.808. The zero-order valence-electron chi connectivity index (χ0n) is 11.4. The van der Waals surface area contributed by atoms with Crippen LogP contribution in [0.15, 0.2) is 5.38 Å². The number of rotatable bonds is 3. The van der Waals surface area contributed by atoms with Gasteiger partial charge in [-0.3, -0.25) is 5.32 Å². The quantitative estimate of drug-likeness (QED) is 0.887. The van der Waals surface area contributed by atoms with Crippen LogP contribution in [0.4, 0.5) is 9.93 Å². The third kappa shape index (κ3) is 5.97. The highest BCUT2D eigenvalue weighted by molar-refractivity contribution is 7.13. The Balaban J connectivity index is 2.57. The predicted octanol–water partition coefficient (Wildman–Crippen LogP) is 2.80. The van der Waals surface area contributed by atoms with Gasteiger partial charge in [-0.05, 0) is 34.6 Å². The maximum absolute atomic E-state index is 11.5. The van der Waals surface area contributed by atoms with Gasteiger partial charge < -0.3 is 9.84 Å². The van der Waals surface area contributed by atoms with Gasteiger partial charge in [-0.25, -0.2) is 9.78 Å². The van der Waals surface area contributed by atoms with Gasteiger partial charge in [0.05, 0.1) is 11.3 Å². The SMILES string of the molecule is CC(C)(O)Cc1csc(NC(=O)OC(C)(C)C)n1. The zero-order valence-corrected chi connectivity index (χ0v) is 12.2.